The van der Waals surface area contributed by atoms with Gasteiger partial charge in [0, 0.05) is 22.1 Å². The second kappa shape index (κ2) is 7.15. The molecule has 23 heavy (non-hydrogen) atoms. The van der Waals surface area contributed by atoms with Gasteiger partial charge >= 0.3 is 0 Å². The van der Waals surface area contributed by atoms with Crippen molar-refractivity contribution >= 4 is 34.8 Å². The molecule has 2 aromatic carbocycles. The standard InChI is InChI=1S/C18H19N3S2/c1-12-6-5-9-15-16(20-21-18(19)22)14(11-23-17(12)15)10-13-7-3-2-4-8-13/h2-9,14H,10-11H2,1H3,(H3,19,21,22). The molecule has 2 aromatic rings. The third-order valence-corrected chi connectivity index (χ3v) is 5.41. The molecule has 0 radical (unpaired) electrons. The highest BCUT2D eigenvalue weighted by Crippen LogP contribution is 2.36. The van der Waals surface area contributed by atoms with E-state index in [1.807, 2.05) is 17.8 Å². The van der Waals surface area contributed by atoms with Gasteiger partial charge in [-0.2, -0.15) is 5.10 Å². The summed E-state index contributed by atoms with van der Waals surface area (Å²) in [6.07, 6.45) is 0.957. The van der Waals surface area contributed by atoms with Crippen molar-refractivity contribution in [1.82, 2.24) is 5.43 Å². The van der Waals surface area contributed by atoms with Crippen LogP contribution >= 0.6 is 24.0 Å². The molecule has 1 unspecified atom stereocenters. The van der Waals surface area contributed by atoms with E-state index in [0.29, 0.717) is 5.92 Å². The number of nitrogens with two attached hydrogens (primary N) is 1. The molecule has 0 aromatic heterocycles. The average Bonchev–Trinajstić information content (AvgIpc) is 2.55. The van der Waals surface area contributed by atoms with Crippen LogP contribution < -0.4 is 11.2 Å². The number of rotatable bonds is 3. The van der Waals surface area contributed by atoms with Crippen LogP contribution in [0, 0.1) is 12.8 Å². The van der Waals surface area contributed by atoms with E-state index in [1.54, 1.807) is 0 Å². The van der Waals surface area contributed by atoms with Gasteiger partial charge in [-0.1, -0.05) is 48.5 Å². The third kappa shape index (κ3) is 3.74. The Bertz CT molecular complexity index is 741. The maximum absolute atomic E-state index is 5.57. The van der Waals surface area contributed by atoms with Gasteiger partial charge in [0.05, 0.1) is 5.71 Å². The number of hydrogen-bond donors (Lipinski definition) is 2. The van der Waals surface area contributed by atoms with Crippen molar-refractivity contribution in [3.05, 3.63) is 65.2 Å². The normalized spacial score (nSPS) is 18.5. The first-order valence-electron chi connectivity index (χ1n) is 7.55. The number of hydrazone groups is 1. The van der Waals surface area contributed by atoms with Crippen molar-refractivity contribution in [3.8, 4) is 0 Å². The predicted octanol–water partition coefficient (Wildman–Crippen LogP) is 3.50. The first kappa shape index (κ1) is 16.0. The summed E-state index contributed by atoms with van der Waals surface area (Å²) in [5, 5.41) is 4.73. The van der Waals surface area contributed by atoms with Gasteiger partial charge in [-0.15, -0.1) is 11.8 Å². The van der Waals surface area contributed by atoms with Crippen LogP contribution in [0.5, 0.6) is 0 Å². The fourth-order valence-electron chi connectivity index (χ4n) is 2.85. The van der Waals surface area contributed by atoms with E-state index in [1.165, 1.54) is 21.6 Å². The van der Waals surface area contributed by atoms with Crippen molar-refractivity contribution in [3.63, 3.8) is 0 Å². The summed E-state index contributed by atoms with van der Waals surface area (Å²) in [6.45, 7) is 2.14. The zero-order chi connectivity index (χ0) is 16.2. The molecule has 3 N–H and O–H groups in total. The summed E-state index contributed by atoms with van der Waals surface area (Å²) in [5.74, 6) is 1.34. The molecule has 0 fully saturated rings. The van der Waals surface area contributed by atoms with Crippen molar-refractivity contribution in [1.29, 1.82) is 0 Å². The second-order valence-corrected chi connectivity index (χ2v) is 7.09. The molecule has 0 amide bonds. The van der Waals surface area contributed by atoms with E-state index in [4.69, 9.17) is 18.0 Å². The van der Waals surface area contributed by atoms with Crippen LogP contribution in [0.15, 0.2) is 58.5 Å². The summed E-state index contributed by atoms with van der Waals surface area (Å²) in [5.41, 5.74) is 13.2. The molecule has 0 aliphatic carbocycles. The summed E-state index contributed by atoms with van der Waals surface area (Å²) in [6, 6.07) is 16.9. The lowest BCUT2D eigenvalue weighted by atomic mass is 9.91. The number of fused-ring (bicyclic) bond motifs is 1. The van der Waals surface area contributed by atoms with Crippen LogP contribution in [-0.2, 0) is 6.42 Å². The van der Waals surface area contributed by atoms with Gasteiger partial charge in [0.1, 0.15) is 0 Å². The molecular weight excluding hydrogens is 322 g/mol. The number of aryl methyl sites for hydroxylation is 1. The summed E-state index contributed by atoms with van der Waals surface area (Å²) in [4.78, 5) is 1.31. The Kier molecular flexibility index (Phi) is 4.98. The average molecular weight is 342 g/mol. The molecule has 0 bridgehead atoms. The summed E-state index contributed by atoms with van der Waals surface area (Å²) < 4.78 is 0. The van der Waals surface area contributed by atoms with Gasteiger partial charge in [-0.3, -0.25) is 5.43 Å². The first-order valence-corrected chi connectivity index (χ1v) is 8.94. The Morgan fingerprint density at radius 2 is 2.04 bits per heavy atom. The number of thioether (sulfide) groups is 1. The highest BCUT2D eigenvalue weighted by molar-refractivity contribution is 7.99. The van der Waals surface area contributed by atoms with E-state index < -0.39 is 0 Å². The molecule has 3 rings (SSSR count). The van der Waals surface area contributed by atoms with Crippen molar-refractivity contribution in [2.24, 2.45) is 16.8 Å². The largest absolute Gasteiger partial charge is 0.375 e. The molecule has 5 heteroatoms. The number of nitrogens with zero attached hydrogens (tertiary/aromatic N) is 1. The molecule has 0 spiro atoms. The van der Waals surface area contributed by atoms with Crippen LogP contribution in [0.25, 0.3) is 0 Å². The van der Waals surface area contributed by atoms with E-state index >= 15 is 0 Å². The van der Waals surface area contributed by atoms with Crippen molar-refractivity contribution in [2.75, 3.05) is 5.75 Å². The van der Waals surface area contributed by atoms with Gasteiger partial charge in [-0.05, 0) is 36.7 Å². The maximum Gasteiger partial charge on any atom is 0.184 e. The SMILES string of the molecule is Cc1cccc2c1SCC(Cc1ccccc1)C2=NNC(N)=S. The molecule has 1 aliphatic rings. The molecule has 1 aliphatic heterocycles. The topological polar surface area (TPSA) is 50.4 Å². The van der Waals surface area contributed by atoms with Crippen LogP contribution in [0.4, 0.5) is 0 Å². The Morgan fingerprint density at radius 1 is 1.26 bits per heavy atom. The number of thiocarbonyl (C=S) groups is 1. The van der Waals surface area contributed by atoms with Gasteiger partial charge < -0.3 is 5.73 Å². The number of hydrogen-bond acceptors (Lipinski definition) is 3. The smallest absolute Gasteiger partial charge is 0.184 e. The number of nitrogens with one attached hydrogen (secondary N) is 1. The van der Waals surface area contributed by atoms with Crippen LogP contribution in [0.1, 0.15) is 16.7 Å². The molecule has 0 saturated carbocycles. The maximum atomic E-state index is 5.57. The Balaban J connectivity index is 1.96. The molecule has 3 nitrogen and oxygen atoms in total. The molecule has 1 atom stereocenters. The molecule has 118 valence electrons. The lowest BCUT2D eigenvalue weighted by molar-refractivity contribution is 0.760. The van der Waals surface area contributed by atoms with E-state index in [0.717, 1.165) is 17.9 Å². The third-order valence-electron chi connectivity index (χ3n) is 3.91. The first-order chi connectivity index (χ1) is 11.1. The van der Waals surface area contributed by atoms with Gasteiger partial charge in [-0.25, -0.2) is 0 Å². The van der Waals surface area contributed by atoms with Gasteiger partial charge in [0.25, 0.3) is 0 Å². The molecule has 1 heterocycles. The highest BCUT2D eigenvalue weighted by Gasteiger charge is 2.27. The molecule has 0 saturated heterocycles. The van der Waals surface area contributed by atoms with E-state index in [9.17, 15) is 0 Å². The molecular formula is C18H19N3S2. The van der Waals surface area contributed by atoms with E-state index in [2.05, 4.69) is 59.9 Å². The summed E-state index contributed by atoms with van der Waals surface area (Å²) >= 11 is 6.82. The lowest BCUT2D eigenvalue weighted by Crippen LogP contribution is -2.31. The summed E-state index contributed by atoms with van der Waals surface area (Å²) in [7, 11) is 0. The van der Waals surface area contributed by atoms with E-state index in [-0.39, 0.29) is 5.11 Å². The van der Waals surface area contributed by atoms with Crippen LogP contribution in [0.2, 0.25) is 0 Å². The number of benzene rings is 2. The van der Waals surface area contributed by atoms with Crippen molar-refractivity contribution in [2.45, 2.75) is 18.2 Å². The van der Waals surface area contributed by atoms with Gasteiger partial charge in [0.2, 0.25) is 0 Å². The predicted molar refractivity (Wildman–Crippen MR) is 102 cm³/mol. The minimum absolute atomic E-state index is 0.198. The van der Waals surface area contributed by atoms with Crippen LogP contribution in [-0.4, -0.2) is 16.6 Å². The Hall–Kier alpha value is -1.85. The quantitative estimate of drug-likeness (QED) is 0.663. The Morgan fingerprint density at radius 3 is 2.78 bits per heavy atom. The van der Waals surface area contributed by atoms with Crippen molar-refractivity contribution < 1.29 is 0 Å². The Labute approximate surface area is 146 Å². The second-order valence-electron chi connectivity index (χ2n) is 5.62. The minimum Gasteiger partial charge on any atom is -0.375 e. The monoisotopic (exact) mass is 341 g/mol. The fourth-order valence-corrected chi connectivity index (χ4v) is 4.16. The lowest BCUT2D eigenvalue weighted by Gasteiger charge is -2.27. The van der Waals surface area contributed by atoms with Gasteiger partial charge in [0.15, 0.2) is 5.11 Å². The zero-order valence-corrected chi connectivity index (χ0v) is 14.6. The van der Waals surface area contributed by atoms with Crippen LogP contribution in [0.3, 0.4) is 0 Å². The highest BCUT2D eigenvalue weighted by atomic mass is 32.2. The zero-order valence-electron chi connectivity index (χ0n) is 13.0. The minimum atomic E-state index is 0.198. The fraction of sp³-hybridized carbons (Fsp3) is 0.222.